The summed E-state index contributed by atoms with van der Waals surface area (Å²) in [5.74, 6) is -0.203. The molecule has 4 nitrogen and oxygen atoms in total. The van der Waals surface area contributed by atoms with Gasteiger partial charge < -0.3 is 10.3 Å². The van der Waals surface area contributed by atoms with Crippen molar-refractivity contribution in [3.05, 3.63) is 55.0 Å². The number of pyridine rings is 1. The summed E-state index contributed by atoms with van der Waals surface area (Å²) in [4.78, 5) is 26.1. The molecule has 1 amide bonds. The predicted molar refractivity (Wildman–Crippen MR) is 70.3 cm³/mol. The van der Waals surface area contributed by atoms with Gasteiger partial charge in [-0.05, 0) is 34.1 Å². The maximum absolute atomic E-state index is 11.7. The molecule has 0 atom stereocenters. The normalized spacial score (nSPS) is 10.2. The fourth-order valence-corrected chi connectivity index (χ4v) is 2.69. The van der Waals surface area contributed by atoms with E-state index in [0.717, 1.165) is 8.66 Å². The quantitative estimate of drug-likeness (QED) is 0.912. The number of halogens is 1. The number of amides is 1. The highest BCUT2D eigenvalue weighted by molar-refractivity contribution is 9.11. The Morgan fingerprint density at radius 2 is 2.18 bits per heavy atom. The van der Waals surface area contributed by atoms with Crippen molar-refractivity contribution in [2.45, 2.75) is 6.54 Å². The Morgan fingerprint density at radius 1 is 1.35 bits per heavy atom. The number of thiophene rings is 1. The molecule has 2 rings (SSSR count). The number of hydrogen-bond acceptors (Lipinski definition) is 3. The van der Waals surface area contributed by atoms with Gasteiger partial charge in [0.15, 0.2) is 0 Å². The number of hydrogen-bond donors (Lipinski definition) is 2. The van der Waals surface area contributed by atoms with Gasteiger partial charge in [-0.25, -0.2) is 0 Å². The molecule has 0 saturated heterocycles. The molecule has 0 fully saturated rings. The van der Waals surface area contributed by atoms with E-state index in [9.17, 15) is 9.59 Å². The van der Waals surface area contributed by atoms with Crippen molar-refractivity contribution in [3.63, 3.8) is 0 Å². The standard InChI is InChI=1S/C11H9BrN2O2S/c12-9-3-2-8(17-9)6-14-11(16)7-1-4-10(15)13-5-7/h1-5H,6H2,(H,13,15)(H,14,16). The molecule has 88 valence electrons. The van der Waals surface area contributed by atoms with Crippen LogP contribution in [0.15, 0.2) is 39.0 Å². The highest BCUT2D eigenvalue weighted by atomic mass is 79.9. The molecule has 0 aromatic carbocycles. The van der Waals surface area contributed by atoms with E-state index in [2.05, 4.69) is 26.2 Å². The van der Waals surface area contributed by atoms with Gasteiger partial charge in [0, 0.05) is 17.1 Å². The lowest BCUT2D eigenvalue weighted by molar-refractivity contribution is 0.0951. The van der Waals surface area contributed by atoms with Gasteiger partial charge in [0.2, 0.25) is 5.56 Å². The maximum Gasteiger partial charge on any atom is 0.253 e. The SMILES string of the molecule is O=C(NCc1ccc(Br)s1)c1ccc(=O)[nH]c1. The third-order valence-electron chi connectivity index (χ3n) is 2.10. The van der Waals surface area contributed by atoms with Crippen molar-refractivity contribution in [2.24, 2.45) is 0 Å². The van der Waals surface area contributed by atoms with Crippen molar-refractivity contribution < 1.29 is 4.79 Å². The zero-order chi connectivity index (χ0) is 12.3. The van der Waals surface area contributed by atoms with Crippen molar-refractivity contribution in [1.82, 2.24) is 10.3 Å². The summed E-state index contributed by atoms with van der Waals surface area (Å²) in [5, 5.41) is 2.78. The first-order valence-electron chi connectivity index (χ1n) is 4.86. The predicted octanol–water partition coefficient (Wildman–Crippen LogP) is 2.13. The third-order valence-corrected chi connectivity index (χ3v) is 3.72. The van der Waals surface area contributed by atoms with E-state index in [1.165, 1.54) is 18.3 Å². The molecule has 2 N–H and O–H groups in total. The number of aromatic nitrogens is 1. The van der Waals surface area contributed by atoms with Gasteiger partial charge in [0.1, 0.15) is 0 Å². The molecule has 0 spiro atoms. The van der Waals surface area contributed by atoms with Crippen molar-refractivity contribution in [3.8, 4) is 0 Å². The minimum absolute atomic E-state index is 0.203. The van der Waals surface area contributed by atoms with Crippen LogP contribution in [-0.4, -0.2) is 10.9 Å². The average Bonchev–Trinajstić information content (AvgIpc) is 2.73. The highest BCUT2D eigenvalue weighted by Gasteiger charge is 2.05. The van der Waals surface area contributed by atoms with Crippen LogP contribution >= 0.6 is 27.3 Å². The molecule has 2 aromatic heterocycles. The van der Waals surface area contributed by atoms with E-state index in [-0.39, 0.29) is 11.5 Å². The fourth-order valence-electron chi connectivity index (χ4n) is 1.27. The Hall–Kier alpha value is -1.40. The summed E-state index contributed by atoms with van der Waals surface area (Å²) >= 11 is 4.93. The first kappa shape index (κ1) is 12.1. The van der Waals surface area contributed by atoms with E-state index >= 15 is 0 Å². The zero-order valence-electron chi connectivity index (χ0n) is 8.70. The number of rotatable bonds is 3. The summed E-state index contributed by atoms with van der Waals surface area (Å²) in [5.41, 5.74) is 0.226. The Morgan fingerprint density at radius 3 is 2.76 bits per heavy atom. The van der Waals surface area contributed by atoms with Crippen molar-refractivity contribution in [1.29, 1.82) is 0 Å². The Balaban J connectivity index is 1.98. The minimum Gasteiger partial charge on any atom is -0.347 e. The summed E-state index contributed by atoms with van der Waals surface area (Å²) in [6, 6.07) is 6.71. The van der Waals surface area contributed by atoms with E-state index in [1.54, 1.807) is 11.3 Å². The second kappa shape index (κ2) is 5.29. The largest absolute Gasteiger partial charge is 0.347 e. The van der Waals surface area contributed by atoms with Crippen LogP contribution in [0, 0.1) is 0 Å². The molecule has 2 heterocycles. The Labute approximate surface area is 110 Å². The smallest absolute Gasteiger partial charge is 0.253 e. The molecule has 0 aliphatic rings. The molecule has 0 radical (unpaired) electrons. The van der Waals surface area contributed by atoms with Crippen molar-refractivity contribution >= 4 is 33.2 Å². The van der Waals surface area contributed by atoms with Gasteiger partial charge in [0.05, 0.1) is 15.9 Å². The molecular formula is C11H9BrN2O2S. The third kappa shape index (κ3) is 3.28. The number of H-pyrrole nitrogens is 1. The van der Waals surface area contributed by atoms with E-state index < -0.39 is 0 Å². The second-order valence-electron chi connectivity index (χ2n) is 3.33. The lowest BCUT2D eigenvalue weighted by Crippen LogP contribution is -2.23. The molecule has 0 aliphatic carbocycles. The molecule has 2 aromatic rings. The molecule has 6 heteroatoms. The molecule has 0 saturated carbocycles. The van der Waals surface area contributed by atoms with Crippen LogP contribution in [0.5, 0.6) is 0 Å². The molecule has 0 bridgehead atoms. The van der Waals surface area contributed by atoms with Crippen LogP contribution in [0.2, 0.25) is 0 Å². The fraction of sp³-hybridized carbons (Fsp3) is 0.0909. The highest BCUT2D eigenvalue weighted by Crippen LogP contribution is 2.21. The Kier molecular flexibility index (Phi) is 3.75. The summed E-state index contributed by atoms with van der Waals surface area (Å²) < 4.78 is 1.03. The van der Waals surface area contributed by atoms with Crippen molar-refractivity contribution in [2.75, 3.05) is 0 Å². The molecule has 0 aliphatic heterocycles. The summed E-state index contributed by atoms with van der Waals surface area (Å²) in [6.45, 7) is 0.480. The van der Waals surface area contributed by atoms with Crippen LogP contribution in [0.3, 0.4) is 0 Å². The number of carbonyl (C=O) groups is 1. The lowest BCUT2D eigenvalue weighted by Gasteiger charge is -2.02. The molecule has 17 heavy (non-hydrogen) atoms. The summed E-state index contributed by atoms with van der Waals surface area (Å²) in [7, 11) is 0. The minimum atomic E-state index is -0.219. The summed E-state index contributed by atoms with van der Waals surface area (Å²) in [6.07, 6.45) is 1.40. The second-order valence-corrected chi connectivity index (χ2v) is 5.88. The van der Waals surface area contributed by atoms with E-state index in [4.69, 9.17) is 0 Å². The van der Waals surface area contributed by atoms with Gasteiger partial charge in [0.25, 0.3) is 5.91 Å². The van der Waals surface area contributed by atoms with Crippen LogP contribution in [0.1, 0.15) is 15.2 Å². The van der Waals surface area contributed by atoms with E-state index in [0.29, 0.717) is 12.1 Å². The average molecular weight is 313 g/mol. The van der Waals surface area contributed by atoms with Crippen LogP contribution in [-0.2, 0) is 6.54 Å². The van der Waals surface area contributed by atoms with E-state index in [1.807, 2.05) is 12.1 Å². The van der Waals surface area contributed by atoms with Gasteiger partial charge in [-0.2, -0.15) is 0 Å². The van der Waals surface area contributed by atoms with Gasteiger partial charge in [-0.3, -0.25) is 9.59 Å². The first-order chi connectivity index (χ1) is 8.15. The Bertz CT molecular complexity index is 571. The number of aromatic amines is 1. The van der Waals surface area contributed by atoms with Gasteiger partial charge in [-0.15, -0.1) is 11.3 Å². The van der Waals surface area contributed by atoms with Crippen LogP contribution in [0.25, 0.3) is 0 Å². The number of nitrogens with one attached hydrogen (secondary N) is 2. The van der Waals surface area contributed by atoms with Gasteiger partial charge in [-0.1, -0.05) is 0 Å². The topological polar surface area (TPSA) is 62.0 Å². The maximum atomic E-state index is 11.7. The van der Waals surface area contributed by atoms with Crippen LogP contribution in [0.4, 0.5) is 0 Å². The van der Waals surface area contributed by atoms with Crippen LogP contribution < -0.4 is 10.9 Å². The number of carbonyl (C=O) groups excluding carboxylic acids is 1. The first-order valence-corrected chi connectivity index (χ1v) is 6.47. The monoisotopic (exact) mass is 312 g/mol. The molecule has 0 unspecified atom stereocenters. The zero-order valence-corrected chi connectivity index (χ0v) is 11.1. The lowest BCUT2D eigenvalue weighted by atomic mass is 10.2. The van der Waals surface area contributed by atoms with Gasteiger partial charge >= 0.3 is 0 Å². The molecular weight excluding hydrogens is 304 g/mol.